The van der Waals surface area contributed by atoms with Gasteiger partial charge in [-0.3, -0.25) is 15.6 Å². The number of benzene rings is 1. The molecule has 2 N–H and O–H groups in total. The Balaban J connectivity index is 1.72. The Labute approximate surface area is 167 Å². The van der Waals surface area contributed by atoms with Gasteiger partial charge in [0.1, 0.15) is 0 Å². The van der Waals surface area contributed by atoms with Crippen LogP contribution in [0.25, 0.3) is 5.69 Å². The molecule has 2 aromatic heterocycles. The Morgan fingerprint density at radius 1 is 1.25 bits per heavy atom. The summed E-state index contributed by atoms with van der Waals surface area (Å²) in [4.78, 5) is 20.5. The van der Waals surface area contributed by atoms with Crippen molar-refractivity contribution in [3.8, 4) is 11.6 Å². The number of hydrazine groups is 1. The molecule has 0 saturated carbocycles. The molecule has 3 aromatic rings. The third-order valence-electron chi connectivity index (χ3n) is 4.33. The van der Waals surface area contributed by atoms with Gasteiger partial charge in [-0.1, -0.05) is 17.7 Å². The Bertz CT molecular complexity index is 1020. The Hall–Kier alpha value is -3.13. The third kappa shape index (κ3) is 4.23. The molecule has 0 spiro atoms. The number of hydrogen-bond donors (Lipinski definition) is 2. The van der Waals surface area contributed by atoms with Gasteiger partial charge in [-0.25, -0.2) is 9.67 Å². The number of aromatic nitrogens is 4. The maximum atomic E-state index is 12.4. The van der Waals surface area contributed by atoms with Crippen LogP contribution >= 0.6 is 11.6 Å². The number of amides is 1. The number of halogens is 1. The van der Waals surface area contributed by atoms with E-state index < -0.39 is 0 Å². The minimum atomic E-state index is -0.237. The smallest absolute Gasteiger partial charge is 0.245 e. The van der Waals surface area contributed by atoms with Crippen LogP contribution in [0.1, 0.15) is 22.5 Å². The summed E-state index contributed by atoms with van der Waals surface area (Å²) < 4.78 is 6.82. The summed E-state index contributed by atoms with van der Waals surface area (Å²) in [7, 11) is 1.51. The molecular formula is C19H21ClN6O2. The topological polar surface area (TPSA) is 94.0 Å². The van der Waals surface area contributed by atoms with Crippen LogP contribution in [0.15, 0.2) is 30.5 Å². The van der Waals surface area contributed by atoms with E-state index in [0.29, 0.717) is 10.9 Å². The maximum Gasteiger partial charge on any atom is 0.245 e. The highest BCUT2D eigenvalue weighted by Gasteiger charge is 2.16. The van der Waals surface area contributed by atoms with Crippen LogP contribution in [0, 0.1) is 20.8 Å². The van der Waals surface area contributed by atoms with E-state index in [1.807, 2.05) is 39.0 Å². The largest absolute Gasteiger partial charge is 0.481 e. The highest BCUT2D eigenvalue weighted by Crippen LogP contribution is 2.23. The second-order valence-electron chi connectivity index (χ2n) is 6.27. The molecule has 1 amide bonds. The maximum absolute atomic E-state index is 12.4. The highest BCUT2D eigenvalue weighted by atomic mass is 35.5. The zero-order chi connectivity index (χ0) is 20.3. The number of aryl methyl sites for hydroxylation is 2. The summed E-state index contributed by atoms with van der Waals surface area (Å²) in [5.41, 5.74) is 9.63. The Morgan fingerprint density at radius 2 is 2.04 bits per heavy atom. The van der Waals surface area contributed by atoms with E-state index in [2.05, 4.69) is 25.9 Å². The summed E-state index contributed by atoms with van der Waals surface area (Å²) in [6.07, 6.45) is 1.69. The molecule has 8 nitrogen and oxygen atoms in total. The van der Waals surface area contributed by atoms with E-state index in [0.717, 1.165) is 28.2 Å². The lowest BCUT2D eigenvalue weighted by molar-refractivity contribution is -0.120. The molecule has 9 heteroatoms. The number of ether oxygens (including phenoxy) is 1. The quantitative estimate of drug-likeness (QED) is 0.618. The highest BCUT2D eigenvalue weighted by molar-refractivity contribution is 6.31. The number of hydrogen-bond acceptors (Lipinski definition) is 6. The van der Waals surface area contributed by atoms with E-state index in [1.54, 1.807) is 10.7 Å². The normalized spacial score (nSPS) is 10.6. The summed E-state index contributed by atoms with van der Waals surface area (Å²) >= 11 is 6.23. The molecule has 0 saturated heterocycles. The molecule has 3 rings (SSSR count). The minimum absolute atomic E-state index is 0.161. The van der Waals surface area contributed by atoms with Gasteiger partial charge < -0.3 is 4.74 Å². The molecule has 0 radical (unpaired) electrons. The minimum Gasteiger partial charge on any atom is -0.481 e. The third-order valence-corrected chi connectivity index (χ3v) is 4.74. The standard InChI is InChI=1S/C19H21ClN6O2/c1-11-5-6-14(9-16(11)20)26-13(3)15(12(2)25-26)10-17(27)23-24-19-21-8-7-18(22-19)28-4/h5-9H,10H2,1-4H3,(H,23,27)(H,21,22,24). The predicted molar refractivity (Wildman–Crippen MR) is 107 cm³/mol. The zero-order valence-corrected chi connectivity index (χ0v) is 16.8. The van der Waals surface area contributed by atoms with E-state index in [-0.39, 0.29) is 18.3 Å². The van der Waals surface area contributed by atoms with Crippen molar-refractivity contribution in [2.75, 3.05) is 12.5 Å². The first-order valence-electron chi connectivity index (χ1n) is 8.62. The van der Waals surface area contributed by atoms with Crippen molar-refractivity contribution in [1.82, 2.24) is 25.2 Å². The first kappa shape index (κ1) is 19.6. The van der Waals surface area contributed by atoms with Crippen molar-refractivity contribution in [2.45, 2.75) is 27.2 Å². The molecule has 0 aliphatic rings. The van der Waals surface area contributed by atoms with Crippen molar-refractivity contribution in [3.05, 3.63) is 58.0 Å². The predicted octanol–water partition coefficient (Wildman–Crippen LogP) is 2.94. The molecule has 146 valence electrons. The number of carbonyl (C=O) groups excluding carboxylic acids is 1. The Morgan fingerprint density at radius 3 is 2.75 bits per heavy atom. The number of nitrogens with one attached hydrogen (secondary N) is 2. The molecule has 0 aliphatic carbocycles. The van der Waals surface area contributed by atoms with Crippen LogP contribution in [0.2, 0.25) is 5.02 Å². The molecule has 1 aromatic carbocycles. The van der Waals surface area contributed by atoms with Gasteiger partial charge in [0.05, 0.1) is 24.9 Å². The van der Waals surface area contributed by atoms with Crippen LogP contribution < -0.4 is 15.6 Å². The van der Waals surface area contributed by atoms with Crippen molar-refractivity contribution >= 4 is 23.5 Å². The van der Waals surface area contributed by atoms with Gasteiger partial charge in [-0.15, -0.1) is 0 Å². The second kappa shape index (κ2) is 8.26. The molecule has 2 heterocycles. The zero-order valence-electron chi connectivity index (χ0n) is 16.1. The summed E-state index contributed by atoms with van der Waals surface area (Å²) in [5.74, 6) is 0.404. The van der Waals surface area contributed by atoms with Crippen LogP contribution in [-0.4, -0.2) is 32.8 Å². The van der Waals surface area contributed by atoms with Gasteiger partial charge in [0.15, 0.2) is 0 Å². The van der Waals surface area contributed by atoms with E-state index in [9.17, 15) is 4.79 Å². The molecule has 0 atom stereocenters. The lowest BCUT2D eigenvalue weighted by Gasteiger charge is -2.09. The summed E-state index contributed by atoms with van der Waals surface area (Å²) in [6, 6.07) is 7.37. The van der Waals surface area contributed by atoms with Crippen molar-refractivity contribution < 1.29 is 9.53 Å². The first-order chi connectivity index (χ1) is 13.4. The number of carbonyl (C=O) groups is 1. The van der Waals surface area contributed by atoms with E-state index in [1.165, 1.54) is 13.3 Å². The number of methoxy groups -OCH3 is 1. The van der Waals surface area contributed by atoms with Gasteiger partial charge in [-0.05, 0) is 38.5 Å². The van der Waals surface area contributed by atoms with E-state index >= 15 is 0 Å². The fourth-order valence-corrected chi connectivity index (χ4v) is 2.92. The Kier molecular flexibility index (Phi) is 5.79. The van der Waals surface area contributed by atoms with Crippen LogP contribution in [0.5, 0.6) is 5.88 Å². The summed E-state index contributed by atoms with van der Waals surface area (Å²) in [6.45, 7) is 5.75. The van der Waals surface area contributed by atoms with Crippen molar-refractivity contribution in [3.63, 3.8) is 0 Å². The molecular weight excluding hydrogens is 380 g/mol. The molecule has 28 heavy (non-hydrogen) atoms. The van der Waals surface area contributed by atoms with Crippen LogP contribution in [0.3, 0.4) is 0 Å². The lowest BCUT2D eigenvalue weighted by atomic mass is 10.1. The van der Waals surface area contributed by atoms with Gasteiger partial charge >= 0.3 is 0 Å². The lowest BCUT2D eigenvalue weighted by Crippen LogP contribution is -2.31. The van der Waals surface area contributed by atoms with Crippen molar-refractivity contribution in [1.29, 1.82) is 0 Å². The van der Waals surface area contributed by atoms with Gasteiger partial charge in [0.2, 0.25) is 17.7 Å². The SMILES string of the molecule is COc1ccnc(NNC(=O)Cc2c(C)nn(-c3ccc(C)c(Cl)c3)c2C)n1. The van der Waals surface area contributed by atoms with Crippen molar-refractivity contribution in [2.24, 2.45) is 0 Å². The number of nitrogens with zero attached hydrogens (tertiary/aromatic N) is 4. The fraction of sp³-hybridized carbons (Fsp3) is 0.263. The van der Waals surface area contributed by atoms with Gasteiger partial charge in [0.25, 0.3) is 0 Å². The van der Waals surface area contributed by atoms with Gasteiger partial charge in [-0.2, -0.15) is 10.1 Å². The second-order valence-corrected chi connectivity index (χ2v) is 6.67. The number of anilines is 1. The molecule has 0 unspecified atom stereocenters. The average Bonchev–Trinajstić information content (AvgIpc) is 2.97. The average molecular weight is 401 g/mol. The molecule has 0 fully saturated rings. The van der Waals surface area contributed by atoms with Crippen LogP contribution in [0.4, 0.5) is 5.95 Å². The first-order valence-corrected chi connectivity index (χ1v) is 9.00. The van der Waals surface area contributed by atoms with Gasteiger partial charge in [0, 0.05) is 28.5 Å². The summed E-state index contributed by atoms with van der Waals surface area (Å²) in [5, 5.41) is 5.23. The van der Waals surface area contributed by atoms with Crippen LogP contribution in [-0.2, 0) is 11.2 Å². The fourth-order valence-electron chi connectivity index (χ4n) is 2.74. The molecule has 0 bridgehead atoms. The van der Waals surface area contributed by atoms with E-state index in [4.69, 9.17) is 16.3 Å². The monoisotopic (exact) mass is 400 g/mol. The molecule has 0 aliphatic heterocycles. The number of rotatable bonds is 6.